The molecule has 4 N–H and O–H groups in total. The van der Waals surface area contributed by atoms with Crippen molar-refractivity contribution in [3.8, 4) is 23.0 Å². The first-order valence-corrected chi connectivity index (χ1v) is 42.0. The lowest BCUT2D eigenvalue weighted by molar-refractivity contribution is -0.151. The van der Waals surface area contributed by atoms with Gasteiger partial charge in [0.1, 0.15) is 63.0 Å². The lowest BCUT2D eigenvalue weighted by Gasteiger charge is -2.54. The van der Waals surface area contributed by atoms with Crippen molar-refractivity contribution in [1.82, 2.24) is 78.4 Å². The molecule has 0 aromatic heterocycles. The average molecular weight is 1610 g/mol. The van der Waals surface area contributed by atoms with Crippen LogP contribution in [0.5, 0.6) is 23.0 Å². The number of nitrogens with zero attached hydrogens (tertiary/aromatic N) is 16. The topological polar surface area (TPSA) is 443 Å². The normalized spacial score (nSPS) is 30.5. The van der Waals surface area contributed by atoms with Gasteiger partial charge in [-0.3, -0.25) is 96.6 Å². The van der Waals surface area contributed by atoms with E-state index in [0.29, 0.717) is 43.8 Å². The van der Waals surface area contributed by atoms with Crippen molar-refractivity contribution in [1.29, 1.82) is 0 Å². The minimum atomic E-state index is -4.44. The van der Waals surface area contributed by atoms with Gasteiger partial charge in [-0.05, 0) is 81.1 Å². The largest absolute Gasteiger partial charge is 0.493 e. The molecule has 4 aromatic rings. The molecule has 0 aliphatic carbocycles. The maximum atomic E-state index is 16.4. The van der Waals surface area contributed by atoms with E-state index in [9.17, 15) is 51.9 Å². The second-order valence-electron chi connectivity index (χ2n) is 31.0. The number of rotatable bonds is 20. The smallest absolute Gasteiger partial charge is 0.326 e. The van der Waals surface area contributed by atoms with Crippen LogP contribution in [0.3, 0.4) is 0 Å². The summed E-state index contributed by atoms with van der Waals surface area (Å²) in [4.78, 5) is 152. The Morgan fingerprint density at radius 3 is 0.573 bits per heavy atom. The fraction of sp³-hybridized carbons (Fsp3) is 0.576. The third kappa shape index (κ3) is 9.09. The lowest BCUT2D eigenvalue weighted by Crippen LogP contribution is -2.75. The van der Waals surface area contributed by atoms with Gasteiger partial charge in [0, 0.05) is 43.8 Å². The Hall–Kier alpha value is -9.60. The Labute approximate surface area is 630 Å². The summed E-state index contributed by atoms with van der Waals surface area (Å²) in [7, 11) is -17.8. The number of amides is 16. The molecule has 0 saturated carbocycles. The van der Waals surface area contributed by atoms with Crippen molar-refractivity contribution >= 4 is 110 Å². The van der Waals surface area contributed by atoms with Gasteiger partial charge >= 0.3 is 48.2 Å². The van der Waals surface area contributed by atoms with Gasteiger partial charge in [-0.2, -0.15) is 33.7 Å². The van der Waals surface area contributed by atoms with Crippen LogP contribution < -0.4 is 18.9 Å². The summed E-state index contributed by atoms with van der Waals surface area (Å²) < 4.78 is 160. The van der Waals surface area contributed by atoms with Gasteiger partial charge in [-0.1, -0.05) is 48.5 Å². The number of hydrogen-bond acceptors (Lipinski definition) is 20. The Morgan fingerprint density at radius 1 is 0.273 bits per heavy atom. The van der Waals surface area contributed by atoms with Gasteiger partial charge in [-0.15, -0.1) is 0 Å². The average Bonchev–Trinajstić information content (AvgIpc) is 1.47. The Balaban J connectivity index is 0.741. The highest BCUT2D eigenvalue weighted by atomic mass is 32.2. The molecular formula is C66H80N16O24S4. The molecule has 44 heteroatoms. The van der Waals surface area contributed by atoms with Gasteiger partial charge in [0.05, 0.1) is 75.6 Å². The molecule has 110 heavy (non-hydrogen) atoms. The maximum Gasteiger partial charge on any atom is 0.326 e. The lowest BCUT2D eigenvalue weighted by atomic mass is 9.91. The fourth-order valence-electron chi connectivity index (χ4n) is 20.1. The van der Waals surface area contributed by atoms with Crippen LogP contribution in [0, 0.1) is 0 Å². The van der Waals surface area contributed by atoms with E-state index in [1.54, 1.807) is 104 Å². The van der Waals surface area contributed by atoms with Gasteiger partial charge in [-0.25, -0.2) is 38.4 Å². The molecule has 0 atom stereocenters. The van der Waals surface area contributed by atoms with E-state index < -0.39 is 197 Å². The molecule has 11 fully saturated rings. The summed E-state index contributed by atoms with van der Waals surface area (Å²) in [6, 6.07) is 7.46. The van der Waals surface area contributed by atoms with Crippen molar-refractivity contribution in [2.45, 2.75) is 153 Å². The summed E-state index contributed by atoms with van der Waals surface area (Å²) in [6.07, 6.45) is -0.727. The van der Waals surface area contributed by atoms with Gasteiger partial charge in [0.15, 0.2) is 45.3 Å². The van der Waals surface area contributed by atoms with Crippen LogP contribution in [0.1, 0.15) is 103 Å². The molecule has 0 bridgehead atoms. The van der Waals surface area contributed by atoms with Gasteiger partial charge < -0.3 is 18.9 Å². The highest BCUT2D eigenvalue weighted by molar-refractivity contribution is 7.86. The third-order valence-corrected chi connectivity index (χ3v) is 29.7. The number of benzene rings is 4. The molecule has 11 saturated heterocycles. The molecule has 0 spiro atoms. The predicted octanol–water partition coefficient (Wildman–Crippen LogP) is 3.76. The molecule has 4 aromatic carbocycles. The van der Waals surface area contributed by atoms with Crippen LogP contribution in [0.15, 0.2) is 48.5 Å². The van der Waals surface area contributed by atoms with E-state index in [1.165, 1.54) is 78.4 Å². The first kappa shape index (κ1) is 73.2. The number of carbonyl (C=O) groups is 8. The Kier molecular flexibility index (Phi) is 15.3. The molecule has 13 heterocycles. The third-order valence-electron chi connectivity index (χ3n) is 26.5. The van der Waals surface area contributed by atoms with Crippen LogP contribution in [0.4, 0.5) is 38.4 Å². The second-order valence-corrected chi connectivity index (χ2v) is 37.3. The quantitative estimate of drug-likeness (QED) is 0.0722. The zero-order valence-corrected chi connectivity index (χ0v) is 64.2. The highest BCUT2D eigenvalue weighted by Gasteiger charge is 2.86. The van der Waals surface area contributed by atoms with Crippen molar-refractivity contribution in [2.75, 3.05) is 89.5 Å². The molecular weight excluding hydrogens is 1530 g/mol. The maximum absolute atomic E-state index is 16.4. The number of hydrogen-bond donors (Lipinski definition) is 4. The summed E-state index contributed by atoms with van der Waals surface area (Å²) >= 11 is 0. The Morgan fingerprint density at radius 2 is 0.418 bits per heavy atom. The van der Waals surface area contributed by atoms with E-state index in [0.717, 1.165) is 0 Å². The van der Waals surface area contributed by atoms with Crippen molar-refractivity contribution < 1.29 is 109 Å². The van der Waals surface area contributed by atoms with Gasteiger partial charge in [0.25, 0.3) is 40.5 Å². The number of fused-ring (bicyclic) bond motifs is 4. The van der Waals surface area contributed by atoms with E-state index in [2.05, 4.69) is 0 Å². The first-order chi connectivity index (χ1) is 51.4. The molecule has 592 valence electrons. The van der Waals surface area contributed by atoms with E-state index >= 15 is 38.4 Å². The minimum absolute atomic E-state index is 0.161. The summed E-state index contributed by atoms with van der Waals surface area (Å²) in [5.74, 6) is -2.02. The molecule has 0 unspecified atom stereocenters. The van der Waals surface area contributed by atoms with Gasteiger partial charge in [0.2, 0.25) is 0 Å². The van der Waals surface area contributed by atoms with Crippen LogP contribution in [0.2, 0.25) is 0 Å². The number of carbonyl (C=O) groups excluding carboxylic acids is 8. The van der Waals surface area contributed by atoms with Crippen LogP contribution >= 0.6 is 0 Å². The van der Waals surface area contributed by atoms with Crippen LogP contribution in [-0.4, -0.2) is 313 Å². The van der Waals surface area contributed by atoms with Crippen molar-refractivity contribution in [3.63, 3.8) is 0 Å². The molecule has 13 aliphatic rings. The van der Waals surface area contributed by atoms with Crippen LogP contribution in [0.25, 0.3) is 21.5 Å². The van der Waals surface area contributed by atoms with Crippen molar-refractivity contribution in [3.05, 3.63) is 70.8 Å². The monoisotopic (exact) mass is 1610 g/mol. The van der Waals surface area contributed by atoms with E-state index in [-0.39, 0.29) is 101 Å². The molecule has 16 amide bonds. The molecule has 13 aliphatic heterocycles. The predicted molar refractivity (Wildman–Crippen MR) is 378 cm³/mol. The van der Waals surface area contributed by atoms with E-state index in [4.69, 9.17) is 18.9 Å². The SMILES string of the molecule is CC12N3Cc4c(c(OCCCS(=O)(=O)O)c5ccccc5c4OCCCS(=O)(=O)O)CN1C(=O)N1CN4C(=O)N5CN6C(=O)N7CN8C(=O)N9Cc%10c(c(OCCCS(=O)(=O)O)c%11ccccc%11c%10OCCCS(=O)(=O)O)CN%10C(=O)N(CN%11C(=O)N(CN%12C(=O)N(CN(C3=O)C12C)C4(C)C%125C)C6(C)C%117C)C8(C)C%109C. The molecule has 17 rings (SSSR count). The number of ether oxygens (including phenoxy) is 4. The minimum Gasteiger partial charge on any atom is -0.493 e. The van der Waals surface area contributed by atoms with E-state index in [1.807, 2.05) is 0 Å². The standard InChI is InChI=1S/C66H80N16O24S4/c1-59-61(3)71-33-75-55(87)79-37-81-57(89)77-35-73-53(85)69-31-45-46(50(106-24-16-28-110(100,101)102)42-20-12-11-19-41(42)49(45)105-23-15-27-109(97,98)99)32-70-54(86)74(62(73,4)60(69,70)2)36-78-58(90)82(66(81,8)64(77,78)6)38-80-56(88)76(63(75,5)65(79,80)7)34-72(61)52(84)68(59)30-44-43(29-67(59)51(71)83)47(103-21-13-25-107(91,92)93)39-17-9-10-18-40(39)48(44)104-22-14-26-108(94,95)96/h9-12,17-20H,13-16,21-38H2,1-8H3,(H,91,92,93)(H,94,95,96)(H,97,98,99)(H,100,101,102). The zero-order chi connectivity index (χ0) is 78.8. The fourth-order valence-corrected chi connectivity index (χ4v) is 22.0. The van der Waals surface area contributed by atoms with Crippen LogP contribution in [-0.2, 0) is 66.7 Å². The zero-order valence-electron chi connectivity index (χ0n) is 60.9. The summed E-state index contributed by atoms with van der Waals surface area (Å²) in [6.45, 7) is 6.71. The number of urea groups is 8. The Bertz CT molecular complexity index is 4750. The summed E-state index contributed by atoms with van der Waals surface area (Å²) in [5.41, 5.74) is -13.5. The molecule has 40 nitrogen and oxygen atoms in total. The second kappa shape index (κ2) is 23.0. The summed E-state index contributed by atoms with van der Waals surface area (Å²) in [5, 5.41) is 1.63. The highest BCUT2D eigenvalue weighted by Crippen LogP contribution is 2.65. The molecule has 0 radical (unpaired) electrons. The first-order valence-electron chi connectivity index (χ1n) is 35.6. The van der Waals surface area contributed by atoms with Crippen molar-refractivity contribution in [2.24, 2.45) is 0 Å².